The number of allylic oxidation sites excluding steroid dienone is 1. The van der Waals surface area contributed by atoms with Crippen LogP contribution in [0, 0.1) is 5.82 Å². The number of phenolic OH excluding ortho intramolecular Hbond substituents is 1. The van der Waals surface area contributed by atoms with Gasteiger partial charge in [0.1, 0.15) is 18.1 Å². The van der Waals surface area contributed by atoms with E-state index in [1.165, 1.54) is 42.7 Å². The molecule has 27 heavy (non-hydrogen) atoms. The largest absolute Gasteiger partial charge is 0.507 e. The summed E-state index contributed by atoms with van der Waals surface area (Å²) in [5.74, 6) is 0.300. The van der Waals surface area contributed by atoms with Gasteiger partial charge in [0, 0.05) is 0 Å². The maximum absolute atomic E-state index is 13.1. The van der Waals surface area contributed by atoms with Gasteiger partial charge in [0.05, 0.1) is 24.2 Å². The van der Waals surface area contributed by atoms with Gasteiger partial charge in [-0.15, -0.1) is 0 Å². The molecule has 2 heterocycles. The number of phenols is 1. The van der Waals surface area contributed by atoms with Crippen molar-refractivity contribution >= 4 is 11.9 Å². The predicted molar refractivity (Wildman–Crippen MR) is 100 cm³/mol. The third kappa shape index (κ3) is 3.74. The fourth-order valence-corrected chi connectivity index (χ4v) is 3.83. The number of nitrogens with one attached hydrogen (secondary N) is 1. The zero-order valence-electron chi connectivity index (χ0n) is 15.1. The van der Waals surface area contributed by atoms with Crippen LogP contribution in [0.25, 0.3) is 6.08 Å². The minimum Gasteiger partial charge on any atom is -0.507 e. The molecule has 2 aromatic carbocycles. The minimum absolute atomic E-state index is 0.168. The van der Waals surface area contributed by atoms with Crippen LogP contribution in [-0.4, -0.2) is 24.0 Å². The van der Waals surface area contributed by atoms with Gasteiger partial charge in [0.2, 0.25) is 5.78 Å². The van der Waals surface area contributed by atoms with Crippen molar-refractivity contribution in [3.05, 3.63) is 64.7 Å². The van der Waals surface area contributed by atoms with Crippen molar-refractivity contribution in [2.24, 2.45) is 0 Å². The maximum atomic E-state index is 13.1. The number of aromatic hydroxyl groups is 1. The Morgan fingerprint density at radius 3 is 2.44 bits per heavy atom. The molecule has 0 bridgehead atoms. The van der Waals surface area contributed by atoms with Crippen molar-refractivity contribution in [2.75, 3.05) is 13.1 Å². The quantitative estimate of drug-likeness (QED) is 0.819. The van der Waals surface area contributed by atoms with Crippen LogP contribution >= 0.6 is 0 Å². The second kappa shape index (κ2) is 7.53. The Bertz CT molecular complexity index is 881. The number of hydrogen-bond donors (Lipinski definition) is 2. The Kier molecular flexibility index (Phi) is 4.94. The van der Waals surface area contributed by atoms with Crippen LogP contribution in [0.2, 0.25) is 0 Å². The predicted octanol–water partition coefficient (Wildman–Crippen LogP) is 3.11. The normalized spacial score (nSPS) is 19.0. The molecule has 2 aliphatic rings. The van der Waals surface area contributed by atoms with Gasteiger partial charge in [-0.1, -0.05) is 12.1 Å². The van der Waals surface area contributed by atoms with E-state index in [2.05, 4.69) is 0 Å². The van der Waals surface area contributed by atoms with E-state index >= 15 is 0 Å². The number of hydrogen-bond acceptors (Lipinski definition) is 3. The molecule has 140 valence electrons. The lowest BCUT2D eigenvalue weighted by atomic mass is 10.0. The lowest BCUT2D eigenvalue weighted by Gasteiger charge is -2.18. The zero-order valence-corrected chi connectivity index (χ0v) is 15.1. The summed E-state index contributed by atoms with van der Waals surface area (Å²) in [6, 6.07) is 9.08. The first-order valence-electron chi connectivity index (χ1n) is 9.50. The molecule has 0 amide bonds. The van der Waals surface area contributed by atoms with Gasteiger partial charge >= 0.3 is 0 Å². The van der Waals surface area contributed by atoms with Crippen LogP contribution in [0.4, 0.5) is 4.39 Å². The van der Waals surface area contributed by atoms with Crippen LogP contribution in [0.1, 0.15) is 47.2 Å². The van der Waals surface area contributed by atoms with E-state index in [9.17, 15) is 14.3 Å². The van der Waals surface area contributed by atoms with Crippen LogP contribution in [0.3, 0.4) is 0 Å². The molecule has 4 nitrogen and oxygen atoms in total. The number of quaternary nitrogens is 1. The molecule has 0 radical (unpaired) electrons. The number of halogens is 1. The van der Waals surface area contributed by atoms with Gasteiger partial charge in [0.15, 0.2) is 11.5 Å². The van der Waals surface area contributed by atoms with E-state index in [0.717, 1.165) is 13.1 Å². The van der Waals surface area contributed by atoms with Crippen molar-refractivity contribution in [1.29, 1.82) is 0 Å². The number of likely N-dealkylation sites (tertiary alicyclic amines) is 1. The molecule has 2 aliphatic heterocycles. The van der Waals surface area contributed by atoms with Crippen LogP contribution in [0.5, 0.6) is 11.5 Å². The fourth-order valence-electron chi connectivity index (χ4n) is 3.83. The highest BCUT2D eigenvalue weighted by Gasteiger charge is 2.32. The molecule has 1 fully saturated rings. The average Bonchev–Trinajstić information content (AvgIpc) is 2.84. The first-order chi connectivity index (χ1) is 13.1. The average molecular weight is 368 g/mol. The molecule has 4 rings (SSSR count). The third-order valence-electron chi connectivity index (χ3n) is 5.32. The van der Waals surface area contributed by atoms with Gasteiger partial charge < -0.3 is 14.7 Å². The number of ether oxygens (including phenoxy) is 1. The number of Topliss-reactive ketones (excluding diaryl/α,β-unsaturated/α-hetero) is 1. The molecule has 1 saturated heterocycles. The van der Waals surface area contributed by atoms with Crippen molar-refractivity contribution in [1.82, 2.24) is 0 Å². The molecular weight excluding hydrogens is 345 g/mol. The summed E-state index contributed by atoms with van der Waals surface area (Å²) >= 11 is 0. The van der Waals surface area contributed by atoms with E-state index in [0.29, 0.717) is 29.0 Å². The number of carbonyl (C=O) groups excluding carboxylic acids is 1. The number of ketones is 1. The van der Waals surface area contributed by atoms with Gasteiger partial charge in [-0.3, -0.25) is 4.79 Å². The van der Waals surface area contributed by atoms with Gasteiger partial charge in [-0.25, -0.2) is 4.39 Å². The molecule has 2 aromatic rings. The van der Waals surface area contributed by atoms with Gasteiger partial charge in [0.25, 0.3) is 0 Å². The number of benzene rings is 2. The van der Waals surface area contributed by atoms with E-state index in [1.807, 2.05) is 0 Å². The summed E-state index contributed by atoms with van der Waals surface area (Å²) in [7, 11) is 0. The molecule has 0 aromatic heterocycles. The fraction of sp³-hybridized carbons (Fsp3) is 0.318. The molecular formula is C22H23FNO3+. The topological polar surface area (TPSA) is 51.0 Å². The zero-order chi connectivity index (χ0) is 18.8. The van der Waals surface area contributed by atoms with E-state index in [1.54, 1.807) is 30.3 Å². The summed E-state index contributed by atoms with van der Waals surface area (Å²) in [6.45, 7) is 2.77. The Hall–Kier alpha value is -2.66. The second-order valence-electron chi connectivity index (χ2n) is 7.27. The Labute approximate surface area is 157 Å². The van der Waals surface area contributed by atoms with Crippen molar-refractivity contribution in [3.8, 4) is 11.5 Å². The summed E-state index contributed by atoms with van der Waals surface area (Å²) in [6.07, 6.45) is 6.48. The van der Waals surface area contributed by atoms with Crippen molar-refractivity contribution in [3.63, 3.8) is 0 Å². The summed E-state index contributed by atoms with van der Waals surface area (Å²) in [4.78, 5) is 14.1. The summed E-state index contributed by atoms with van der Waals surface area (Å²) < 4.78 is 19.0. The Morgan fingerprint density at radius 2 is 1.74 bits per heavy atom. The summed E-state index contributed by atoms with van der Waals surface area (Å²) in [5.41, 5.74) is 1.86. The van der Waals surface area contributed by atoms with E-state index in [-0.39, 0.29) is 23.1 Å². The summed E-state index contributed by atoms with van der Waals surface area (Å²) in [5, 5.41) is 10.4. The monoisotopic (exact) mass is 368 g/mol. The molecule has 0 atom stereocenters. The van der Waals surface area contributed by atoms with Gasteiger partial charge in [-0.05, 0) is 61.6 Å². The van der Waals surface area contributed by atoms with Crippen LogP contribution < -0.4 is 9.64 Å². The lowest BCUT2D eigenvalue weighted by molar-refractivity contribution is -0.913. The first kappa shape index (κ1) is 17.7. The van der Waals surface area contributed by atoms with Crippen molar-refractivity contribution < 1.29 is 23.9 Å². The Balaban J connectivity index is 1.63. The lowest BCUT2D eigenvalue weighted by Crippen LogP contribution is -3.10. The highest BCUT2D eigenvalue weighted by Crippen LogP contribution is 2.39. The molecule has 5 heteroatoms. The second-order valence-corrected chi connectivity index (χ2v) is 7.27. The van der Waals surface area contributed by atoms with Gasteiger partial charge in [-0.2, -0.15) is 0 Å². The smallest absolute Gasteiger partial charge is 0.231 e. The standard InChI is InChI=1S/C22H22FNO3/c23-16-7-5-15(6-8-16)13-20-21(26)17-9-10-19(25)18(22(17)27-20)14-24-11-3-1-2-4-12-24/h5-10,13,25H,1-4,11-12,14H2/p+1/b20-13-. The maximum Gasteiger partial charge on any atom is 0.231 e. The molecule has 0 spiro atoms. The highest BCUT2D eigenvalue weighted by molar-refractivity contribution is 6.14. The van der Waals surface area contributed by atoms with Crippen molar-refractivity contribution in [2.45, 2.75) is 32.2 Å². The molecule has 2 N–H and O–H groups in total. The number of carbonyl (C=O) groups is 1. The van der Waals surface area contributed by atoms with Crippen LogP contribution in [0.15, 0.2) is 42.2 Å². The third-order valence-corrected chi connectivity index (χ3v) is 5.32. The molecule has 0 saturated carbocycles. The molecule has 0 aliphatic carbocycles. The van der Waals surface area contributed by atoms with E-state index in [4.69, 9.17) is 4.74 Å². The Morgan fingerprint density at radius 1 is 1.04 bits per heavy atom. The van der Waals surface area contributed by atoms with E-state index < -0.39 is 0 Å². The molecule has 0 unspecified atom stereocenters. The highest BCUT2D eigenvalue weighted by atomic mass is 19.1. The minimum atomic E-state index is -0.327. The number of fused-ring (bicyclic) bond motifs is 1. The number of rotatable bonds is 3. The first-order valence-corrected chi connectivity index (χ1v) is 9.50. The SMILES string of the molecule is O=C1/C(=C/c2ccc(F)cc2)Oc2c1ccc(O)c2C[NH+]1CCCCCC1. The van der Waals surface area contributed by atoms with Crippen LogP contribution in [-0.2, 0) is 6.54 Å².